The summed E-state index contributed by atoms with van der Waals surface area (Å²) >= 11 is 0. The second-order valence-corrected chi connectivity index (χ2v) is 8.70. The van der Waals surface area contributed by atoms with Crippen LogP contribution >= 0.6 is 0 Å². The van der Waals surface area contributed by atoms with Crippen molar-refractivity contribution in [3.63, 3.8) is 0 Å². The van der Waals surface area contributed by atoms with Gasteiger partial charge in [-0.25, -0.2) is 4.79 Å². The minimum absolute atomic E-state index is 0.0387. The number of esters is 1. The van der Waals surface area contributed by atoms with Gasteiger partial charge in [0, 0.05) is 19.8 Å². The zero-order valence-corrected chi connectivity index (χ0v) is 21.2. The molecule has 0 aliphatic carbocycles. The van der Waals surface area contributed by atoms with Gasteiger partial charge < -0.3 is 53.6 Å². The summed E-state index contributed by atoms with van der Waals surface area (Å²) in [6.45, 7) is -0.183. The van der Waals surface area contributed by atoms with Gasteiger partial charge in [0.1, 0.15) is 43.2 Å². The summed E-state index contributed by atoms with van der Waals surface area (Å²) in [7, 11) is 2.37. The Labute approximate surface area is 226 Å². The SMILES string of the molecule is COC1OC(C(=O)OCc2ccc(-c3nncnn3)cc2)C(OC2OC(OC=O)C(OC)C(O)C2O)C(O)C1O. The van der Waals surface area contributed by atoms with E-state index in [2.05, 4.69) is 20.4 Å². The number of rotatable bonds is 10. The van der Waals surface area contributed by atoms with E-state index in [-0.39, 0.29) is 13.1 Å². The van der Waals surface area contributed by atoms with Gasteiger partial charge in [0.05, 0.1) is 0 Å². The maximum Gasteiger partial charge on any atom is 0.338 e. The van der Waals surface area contributed by atoms with Gasteiger partial charge in [-0.05, 0) is 5.56 Å². The highest BCUT2D eigenvalue weighted by Crippen LogP contribution is 2.31. The van der Waals surface area contributed by atoms with Crippen molar-refractivity contribution in [1.82, 2.24) is 20.4 Å². The van der Waals surface area contributed by atoms with Crippen molar-refractivity contribution < 1.29 is 63.2 Å². The Morgan fingerprint density at radius 3 is 2.15 bits per heavy atom. The van der Waals surface area contributed by atoms with Crippen LogP contribution in [0.5, 0.6) is 0 Å². The molecule has 17 heteroatoms. The number of aromatic nitrogens is 4. The van der Waals surface area contributed by atoms with Crippen molar-refractivity contribution in [2.75, 3.05) is 14.2 Å². The van der Waals surface area contributed by atoms with Crippen LogP contribution in [-0.2, 0) is 49.4 Å². The monoisotopic (exact) mass is 568 g/mol. The molecule has 1 aromatic carbocycles. The van der Waals surface area contributed by atoms with Gasteiger partial charge >= 0.3 is 5.97 Å². The molecule has 2 aliphatic rings. The highest BCUT2D eigenvalue weighted by atomic mass is 16.8. The first kappa shape index (κ1) is 29.7. The van der Waals surface area contributed by atoms with Crippen LogP contribution in [0.3, 0.4) is 0 Å². The number of hydrogen-bond donors (Lipinski definition) is 4. The Kier molecular flexibility index (Phi) is 9.95. The molecule has 2 aliphatic heterocycles. The highest BCUT2D eigenvalue weighted by molar-refractivity contribution is 5.76. The molecule has 3 heterocycles. The molecule has 2 saturated heterocycles. The zero-order valence-electron chi connectivity index (χ0n) is 21.2. The predicted octanol–water partition coefficient (Wildman–Crippen LogP) is -2.95. The van der Waals surface area contributed by atoms with E-state index in [4.69, 9.17) is 33.2 Å². The first-order valence-corrected chi connectivity index (χ1v) is 11.9. The Morgan fingerprint density at radius 1 is 0.875 bits per heavy atom. The fourth-order valence-corrected chi connectivity index (χ4v) is 4.17. The number of benzene rings is 1. The van der Waals surface area contributed by atoms with Gasteiger partial charge in [0.2, 0.25) is 12.1 Å². The van der Waals surface area contributed by atoms with Crippen molar-refractivity contribution in [1.29, 1.82) is 0 Å². The molecule has 0 radical (unpaired) electrons. The number of aliphatic hydroxyl groups excluding tert-OH is 4. The third-order valence-corrected chi connectivity index (χ3v) is 6.27. The summed E-state index contributed by atoms with van der Waals surface area (Å²) in [6.07, 6.45) is -15.1. The summed E-state index contributed by atoms with van der Waals surface area (Å²) in [5.74, 6) is -0.710. The third kappa shape index (κ3) is 6.38. The second-order valence-electron chi connectivity index (χ2n) is 8.70. The van der Waals surface area contributed by atoms with Gasteiger partial charge in [0.15, 0.2) is 25.0 Å². The topological polar surface area (TPSA) is 231 Å². The molecular formula is C23H28N4O13. The third-order valence-electron chi connectivity index (χ3n) is 6.27. The molecule has 10 atom stereocenters. The molecule has 2 fully saturated rings. The quantitative estimate of drug-likeness (QED) is 0.166. The van der Waals surface area contributed by atoms with Gasteiger partial charge in [-0.1, -0.05) is 24.3 Å². The molecule has 0 amide bonds. The van der Waals surface area contributed by atoms with E-state index >= 15 is 0 Å². The standard InChI is InChI=1S/C23H28N4O13/c1-34-17-13(30)15(32)22(40-23(17)37-9-28)38-16-12(29)14(31)21(35-2)39-18(16)20(33)36-7-10-3-5-11(6-4-10)19-26-24-8-25-27-19/h3-6,8-9,12-18,21-23,29-32H,7H2,1-2H3. The number of ether oxygens (including phenoxy) is 7. The Hall–Kier alpha value is -3.26. The van der Waals surface area contributed by atoms with Crippen molar-refractivity contribution in [2.24, 2.45) is 0 Å². The van der Waals surface area contributed by atoms with Gasteiger partial charge in [-0.15, -0.1) is 20.4 Å². The maximum atomic E-state index is 13.1. The molecule has 17 nitrogen and oxygen atoms in total. The molecule has 10 unspecified atom stereocenters. The number of aliphatic hydroxyl groups is 4. The van der Waals surface area contributed by atoms with Crippen LogP contribution in [0.4, 0.5) is 0 Å². The van der Waals surface area contributed by atoms with E-state index in [9.17, 15) is 30.0 Å². The lowest BCUT2D eigenvalue weighted by Gasteiger charge is -2.45. The first-order chi connectivity index (χ1) is 19.3. The molecule has 218 valence electrons. The highest BCUT2D eigenvalue weighted by Gasteiger charge is 2.53. The van der Waals surface area contributed by atoms with E-state index < -0.39 is 67.6 Å². The van der Waals surface area contributed by atoms with Crippen LogP contribution in [-0.4, -0.2) is 129 Å². The van der Waals surface area contributed by atoms with E-state index in [0.29, 0.717) is 17.0 Å². The Balaban J connectivity index is 1.47. The minimum atomic E-state index is -1.80. The first-order valence-electron chi connectivity index (χ1n) is 11.9. The Morgan fingerprint density at radius 2 is 1.52 bits per heavy atom. The van der Waals surface area contributed by atoms with Crippen LogP contribution in [0, 0.1) is 0 Å². The van der Waals surface area contributed by atoms with Crippen LogP contribution < -0.4 is 0 Å². The molecule has 4 N–H and O–H groups in total. The van der Waals surface area contributed by atoms with Crippen LogP contribution in [0.15, 0.2) is 30.6 Å². The molecular weight excluding hydrogens is 540 g/mol. The molecule has 0 bridgehead atoms. The molecule has 0 saturated carbocycles. The summed E-state index contributed by atoms with van der Waals surface area (Å²) in [5.41, 5.74) is 1.19. The van der Waals surface area contributed by atoms with Gasteiger partial charge in [0.25, 0.3) is 6.47 Å². The molecule has 4 rings (SSSR count). The average molecular weight is 568 g/mol. The lowest BCUT2D eigenvalue weighted by atomic mass is 9.97. The van der Waals surface area contributed by atoms with Gasteiger partial charge in [-0.2, -0.15) is 0 Å². The molecule has 40 heavy (non-hydrogen) atoms. The summed E-state index contributed by atoms with van der Waals surface area (Å²) in [6, 6.07) is 6.64. The second kappa shape index (κ2) is 13.4. The Bertz CT molecular complexity index is 1110. The molecule has 1 aromatic heterocycles. The average Bonchev–Trinajstić information content (AvgIpc) is 2.98. The van der Waals surface area contributed by atoms with E-state index in [1.165, 1.54) is 20.5 Å². The van der Waals surface area contributed by atoms with Crippen molar-refractivity contribution >= 4 is 12.4 Å². The van der Waals surface area contributed by atoms with E-state index in [1.54, 1.807) is 24.3 Å². The summed E-state index contributed by atoms with van der Waals surface area (Å²) in [5, 5.41) is 57.1. The van der Waals surface area contributed by atoms with Crippen molar-refractivity contribution in [3.05, 3.63) is 36.2 Å². The zero-order chi connectivity index (χ0) is 28.8. The minimum Gasteiger partial charge on any atom is -0.459 e. The smallest absolute Gasteiger partial charge is 0.338 e. The largest absolute Gasteiger partial charge is 0.459 e. The van der Waals surface area contributed by atoms with Crippen LogP contribution in [0.25, 0.3) is 11.4 Å². The van der Waals surface area contributed by atoms with Crippen LogP contribution in [0.1, 0.15) is 5.56 Å². The van der Waals surface area contributed by atoms with E-state index in [1.807, 2.05) is 0 Å². The van der Waals surface area contributed by atoms with Crippen LogP contribution in [0.2, 0.25) is 0 Å². The number of carbonyl (C=O) groups is 2. The summed E-state index contributed by atoms with van der Waals surface area (Å²) in [4.78, 5) is 24.0. The number of carbonyl (C=O) groups excluding carboxylic acids is 2. The lowest BCUT2D eigenvalue weighted by Crippen LogP contribution is -2.65. The fourth-order valence-electron chi connectivity index (χ4n) is 4.17. The normalized spacial score (nSPS) is 34.1. The van der Waals surface area contributed by atoms with Gasteiger partial charge in [-0.3, -0.25) is 4.79 Å². The maximum absolute atomic E-state index is 13.1. The van der Waals surface area contributed by atoms with Crippen molar-refractivity contribution in [2.45, 2.75) is 68.2 Å². The summed E-state index contributed by atoms with van der Waals surface area (Å²) < 4.78 is 36.7. The fraction of sp³-hybridized carbons (Fsp3) is 0.565. The van der Waals surface area contributed by atoms with E-state index in [0.717, 1.165) is 0 Å². The predicted molar refractivity (Wildman–Crippen MR) is 124 cm³/mol. The molecule has 2 aromatic rings. The number of methoxy groups -OCH3 is 2. The number of nitrogens with zero attached hydrogens (tertiary/aromatic N) is 4. The van der Waals surface area contributed by atoms with Crippen molar-refractivity contribution in [3.8, 4) is 11.4 Å². The number of hydrogen-bond acceptors (Lipinski definition) is 17. The molecule has 0 spiro atoms. The lowest BCUT2D eigenvalue weighted by molar-refractivity contribution is -0.374.